The molecule has 3 saturated heterocycles. The Balaban J connectivity index is 0.972. The second-order valence-corrected chi connectivity index (χ2v) is 20.2. The zero-order chi connectivity index (χ0) is 37.1. The van der Waals surface area contributed by atoms with Crippen LogP contribution in [0.3, 0.4) is 0 Å². The lowest BCUT2D eigenvalue weighted by Gasteiger charge is -2.64. The minimum Gasteiger partial charge on any atom is -0.390 e. The molecule has 0 aromatic rings. The molecular weight excluding hydrogens is 660 g/mol. The van der Waals surface area contributed by atoms with Crippen molar-refractivity contribution < 1.29 is 38.7 Å². The van der Waals surface area contributed by atoms with Crippen molar-refractivity contribution in [1.82, 2.24) is 9.80 Å². The molecule has 2 N–H and O–H groups in total. The van der Waals surface area contributed by atoms with Crippen LogP contribution in [0, 0.1) is 50.7 Å². The van der Waals surface area contributed by atoms with Crippen LogP contribution < -0.4 is 0 Å². The van der Waals surface area contributed by atoms with Gasteiger partial charge in [0.15, 0.2) is 6.29 Å². The van der Waals surface area contributed by atoms with E-state index in [4.69, 9.17) is 23.7 Å². The number of morpholine rings is 2. The molecule has 5 aliphatic carbocycles. The van der Waals surface area contributed by atoms with E-state index in [2.05, 4.69) is 39.5 Å². The van der Waals surface area contributed by atoms with Gasteiger partial charge in [-0.25, -0.2) is 0 Å². The summed E-state index contributed by atoms with van der Waals surface area (Å²) < 4.78 is 31.7. The molecule has 2 spiro atoms. The van der Waals surface area contributed by atoms with E-state index < -0.39 is 17.8 Å². The third-order valence-corrected chi connectivity index (χ3v) is 17.3. The first-order chi connectivity index (χ1) is 24.5. The quantitative estimate of drug-likeness (QED) is 0.362. The number of carbonyl (C=O) groups is 1. The first-order valence-corrected chi connectivity index (χ1v) is 21.1. The number of nitrogens with zero attached hydrogens (tertiary/aromatic N) is 2. The van der Waals surface area contributed by atoms with Crippen LogP contribution in [0.5, 0.6) is 0 Å². The maximum Gasteiger partial charge on any atom is 0.236 e. The standard InChI is InChI=1S/C42H70N2O8/c1-9-49-36(38(5,6)47)27-22-26(2)33-34(51-27)35(46)40(8)29-11-10-28-37(3,4)30(12-13-41(28)25-42(29,41)15-14-39(33,40)7)52-32-24-43(16-21-50-32)23-31(45)44-17-19-48-20-18-44/h26-30,32-36,46-47H,9-25H2,1-8H3/t26-,27-,28+,29+,30+,32+,33+,34+,35+,36+,39-,40-,41-,42+/m1/s1. The molecule has 14 atom stereocenters. The van der Waals surface area contributed by atoms with Gasteiger partial charge in [0.2, 0.25) is 5.91 Å². The Morgan fingerprint density at radius 1 is 0.981 bits per heavy atom. The van der Waals surface area contributed by atoms with E-state index in [-0.39, 0.29) is 58.1 Å². The lowest BCUT2D eigenvalue weighted by Crippen LogP contribution is -2.60. The monoisotopic (exact) mass is 731 g/mol. The Bertz CT molecular complexity index is 1350. The molecule has 8 fully saturated rings. The number of rotatable bonds is 8. The zero-order valence-electron chi connectivity index (χ0n) is 33.5. The van der Waals surface area contributed by atoms with Gasteiger partial charge in [0.1, 0.15) is 6.10 Å². The number of hydrogen-bond donors (Lipinski definition) is 2. The average molecular weight is 731 g/mol. The van der Waals surface area contributed by atoms with Crippen LogP contribution in [0.2, 0.25) is 0 Å². The highest BCUT2D eigenvalue weighted by Gasteiger charge is 2.84. The van der Waals surface area contributed by atoms with Gasteiger partial charge >= 0.3 is 0 Å². The zero-order valence-corrected chi connectivity index (χ0v) is 33.5. The highest BCUT2D eigenvalue weighted by Crippen LogP contribution is 2.89. The van der Waals surface area contributed by atoms with Gasteiger partial charge in [-0.1, -0.05) is 34.6 Å². The normalized spacial score (nSPS) is 49.2. The van der Waals surface area contributed by atoms with Crippen molar-refractivity contribution in [3.8, 4) is 0 Å². The van der Waals surface area contributed by atoms with Crippen LogP contribution >= 0.6 is 0 Å². The van der Waals surface area contributed by atoms with Crippen molar-refractivity contribution in [2.24, 2.45) is 50.7 Å². The molecule has 52 heavy (non-hydrogen) atoms. The number of hydrogen-bond acceptors (Lipinski definition) is 9. The van der Waals surface area contributed by atoms with Crippen molar-refractivity contribution in [1.29, 1.82) is 0 Å². The van der Waals surface area contributed by atoms with Gasteiger partial charge in [-0.3, -0.25) is 9.69 Å². The second-order valence-electron chi connectivity index (χ2n) is 20.2. The van der Waals surface area contributed by atoms with Gasteiger partial charge in [0.25, 0.3) is 0 Å². The highest BCUT2D eigenvalue weighted by atomic mass is 16.7. The van der Waals surface area contributed by atoms with E-state index in [1.807, 2.05) is 25.7 Å². The van der Waals surface area contributed by atoms with E-state index in [1.54, 1.807) is 0 Å². The second kappa shape index (κ2) is 13.1. The largest absolute Gasteiger partial charge is 0.390 e. The molecule has 0 aromatic heterocycles. The molecule has 8 rings (SSSR count). The van der Waals surface area contributed by atoms with Gasteiger partial charge in [0, 0.05) is 31.7 Å². The van der Waals surface area contributed by atoms with Crippen LogP contribution in [0.1, 0.15) is 107 Å². The predicted octanol–water partition coefficient (Wildman–Crippen LogP) is 4.88. The maximum absolute atomic E-state index is 13.0. The molecule has 3 heterocycles. The van der Waals surface area contributed by atoms with E-state index in [1.165, 1.54) is 25.7 Å². The van der Waals surface area contributed by atoms with Crippen molar-refractivity contribution >= 4 is 5.91 Å². The lowest BCUT2D eigenvalue weighted by atomic mass is 9.41. The third kappa shape index (κ3) is 5.48. The Hall–Kier alpha value is -0.850. The molecule has 5 saturated carbocycles. The molecule has 0 bridgehead atoms. The van der Waals surface area contributed by atoms with Gasteiger partial charge in [-0.2, -0.15) is 0 Å². The SMILES string of the molecule is CCO[C@@H]([C@H]1C[C@@H](C)[C@H]2[C@H](O1)[C@H](O)[C@@]1(C)[C@@H]3CC[C@H]4C(C)(C)[C@@H](O[C@H]5CN(CC(=O)N6CCOCC6)CCO5)CC[C@@]45C[C@@]35CC[C@]21C)C(C)(C)O. The summed E-state index contributed by atoms with van der Waals surface area (Å²) in [5.74, 6) is 1.88. The lowest BCUT2D eigenvalue weighted by molar-refractivity contribution is -0.248. The van der Waals surface area contributed by atoms with E-state index in [0.717, 1.165) is 32.2 Å². The summed E-state index contributed by atoms with van der Waals surface area (Å²) in [6.45, 7) is 23.3. The smallest absolute Gasteiger partial charge is 0.236 e. The Morgan fingerprint density at radius 2 is 1.69 bits per heavy atom. The minimum atomic E-state index is -1.03. The minimum absolute atomic E-state index is 0.00213. The fraction of sp³-hybridized carbons (Fsp3) is 0.976. The summed E-state index contributed by atoms with van der Waals surface area (Å²) in [6.07, 6.45) is 7.39. The first kappa shape index (κ1) is 38.0. The molecule has 0 unspecified atom stereocenters. The summed E-state index contributed by atoms with van der Waals surface area (Å²) in [6, 6.07) is 0. The number of carbonyl (C=O) groups excluding carboxylic acids is 1. The van der Waals surface area contributed by atoms with Crippen molar-refractivity contribution in [3.05, 3.63) is 0 Å². The maximum atomic E-state index is 13.0. The van der Waals surface area contributed by atoms with E-state index >= 15 is 0 Å². The summed E-state index contributed by atoms with van der Waals surface area (Å²) in [5.41, 5.74) is -0.696. The van der Waals surface area contributed by atoms with Crippen LogP contribution in [0.15, 0.2) is 0 Å². The Morgan fingerprint density at radius 3 is 2.40 bits per heavy atom. The van der Waals surface area contributed by atoms with Gasteiger partial charge < -0.3 is 38.8 Å². The van der Waals surface area contributed by atoms with Crippen molar-refractivity contribution in [2.45, 2.75) is 149 Å². The van der Waals surface area contributed by atoms with Gasteiger partial charge in [-0.05, 0) is 117 Å². The Labute approximate surface area is 312 Å². The number of aliphatic hydroxyl groups is 2. The van der Waals surface area contributed by atoms with Gasteiger partial charge in [-0.15, -0.1) is 0 Å². The summed E-state index contributed by atoms with van der Waals surface area (Å²) in [4.78, 5) is 17.1. The number of aliphatic hydroxyl groups excluding tert-OH is 1. The van der Waals surface area contributed by atoms with Crippen LogP contribution in [0.4, 0.5) is 0 Å². The predicted molar refractivity (Wildman–Crippen MR) is 196 cm³/mol. The summed E-state index contributed by atoms with van der Waals surface area (Å²) in [5, 5.41) is 23.7. The molecule has 10 heteroatoms. The number of ether oxygens (including phenoxy) is 5. The molecule has 10 nitrogen and oxygen atoms in total. The molecule has 1 amide bonds. The highest BCUT2D eigenvalue weighted by molar-refractivity contribution is 5.78. The van der Waals surface area contributed by atoms with Crippen LogP contribution in [-0.2, 0) is 28.5 Å². The number of amides is 1. The first-order valence-electron chi connectivity index (χ1n) is 21.1. The molecular formula is C42H70N2O8. The molecule has 296 valence electrons. The van der Waals surface area contributed by atoms with Crippen LogP contribution in [0.25, 0.3) is 0 Å². The molecule has 8 aliphatic rings. The Kier molecular flexibility index (Phi) is 9.59. The van der Waals surface area contributed by atoms with Crippen LogP contribution in [-0.4, -0.2) is 127 Å². The third-order valence-electron chi connectivity index (χ3n) is 17.3. The van der Waals surface area contributed by atoms with Crippen molar-refractivity contribution in [3.63, 3.8) is 0 Å². The molecule has 3 aliphatic heterocycles. The summed E-state index contributed by atoms with van der Waals surface area (Å²) >= 11 is 0. The number of fused-ring (bicyclic) bond motifs is 4. The molecule has 0 aromatic carbocycles. The fourth-order valence-corrected chi connectivity index (χ4v) is 14.9. The van der Waals surface area contributed by atoms with Crippen molar-refractivity contribution in [2.75, 3.05) is 59.2 Å². The van der Waals surface area contributed by atoms with E-state index in [9.17, 15) is 15.0 Å². The van der Waals surface area contributed by atoms with E-state index in [0.29, 0.717) is 75.8 Å². The topological polar surface area (TPSA) is 110 Å². The fourth-order valence-electron chi connectivity index (χ4n) is 14.9. The van der Waals surface area contributed by atoms with Gasteiger partial charge in [0.05, 0.1) is 62.9 Å². The average Bonchev–Trinajstić information content (AvgIpc) is 3.73. The summed E-state index contributed by atoms with van der Waals surface area (Å²) in [7, 11) is 0. The molecule has 0 radical (unpaired) electrons.